The molecular weight excluding hydrogens is 294 g/mol. The van der Waals surface area contributed by atoms with Crippen molar-refractivity contribution in [2.45, 2.75) is 11.4 Å². The molecule has 2 atom stereocenters. The fourth-order valence-corrected chi connectivity index (χ4v) is 4.48. The molecule has 2 rings (SSSR count). The first kappa shape index (κ1) is 14.1. The van der Waals surface area contributed by atoms with E-state index in [1.165, 1.54) is 17.9 Å². The van der Waals surface area contributed by atoms with E-state index in [0.29, 0.717) is 5.88 Å². The van der Waals surface area contributed by atoms with Crippen molar-refractivity contribution in [1.82, 2.24) is 15.1 Å². The summed E-state index contributed by atoms with van der Waals surface area (Å²) >= 11 is 5.91. The molecule has 1 N–H and O–H groups in total. The summed E-state index contributed by atoms with van der Waals surface area (Å²) in [7, 11) is -0.0689. The molecule has 1 aliphatic rings. The molecule has 1 amide bonds. The number of nitrogens with zero attached hydrogens (tertiary/aromatic N) is 2. The Morgan fingerprint density at radius 3 is 2.74 bits per heavy atom. The number of aryl methyl sites for hydroxylation is 1. The summed E-state index contributed by atoms with van der Waals surface area (Å²) in [5.74, 6) is -0.291. The van der Waals surface area contributed by atoms with Crippen molar-refractivity contribution in [2.24, 2.45) is 7.05 Å². The molecule has 106 valence electrons. The van der Waals surface area contributed by atoms with E-state index in [4.69, 9.17) is 16.3 Å². The molecular formula is C10H14ClN3O4S. The molecule has 1 saturated heterocycles. The fourth-order valence-electron chi connectivity index (χ4n) is 1.93. The number of hydrogen-bond donors (Lipinski definition) is 1. The summed E-state index contributed by atoms with van der Waals surface area (Å²) in [5.41, 5.74) is 0.160. The van der Waals surface area contributed by atoms with Crippen LogP contribution in [0.25, 0.3) is 0 Å². The molecule has 19 heavy (non-hydrogen) atoms. The summed E-state index contributed by atoms with van der Waals surface area (Å²) in [6.45, 7) is 0. The largest absolute Gasteiger partial charge is 0.481 e. The van der Waals surface area contributed by atoms with E-state index in [1.54, 1.807) is 7.05 Å². The highest BCUT2D eigenvalue weighted by atomic mass is 35.5. The predicted octanol–water partition coefficient (Wildman–Crippen LogP) is -0.437. The fraction of sp³-hybridized carbons (Fsp3) is 0.600. The molecule has 0 aliphatic carbocycles. The Kier molecular flexibility index (Phi) is 3.73. The van der Waals surface area contributed by atoms with Gasteiger partial charge in [-0.25, -0.2) is 13.1 Å². The highest BCUT2D eigenvalue weighted by Crippen LogP contribution is 2.19. The minimum atomic E-state index is -3.18. The number of rotatable bonds is 3. The topological polar surface area (TPSA) is 90.3 Å². The number of halogens is 1. The second-order valence-corrected chi connectivity index (χ2v) is 7.08. The van der Waals surface area contributed by atoms with Crippen molar-refractivity contribution in [2.75, 3.05) is 18.6 Å². The van der Waals surface area contributed by atoms with Crippen LogP contribution in [0.1, 0.15) is 10.5 Å². The molecule has 1 fully saturated rings. The van der Waals surface area contributed by atoms with Crippen molar-refractivity contribution in [3.8, 4) is 5.88 Å². The van der Waals surface area contributed by atoms with E-state index in [-0.39, 0.29) is 17.2 Å². The predicted molar refractivity (Wildman–Crippen MR) is 69.3 cm³/mol. The van der Waals surface area contributed by atoms with Gasteiger partial charge in [0.1, 0.15) is 0 Å². The number of amides is 1. The Morgan fingerprint density at radius 2 is 2.26 bits per heavy atom. The monoisotopic (exact) mass is 307 g/mol. The first-order chi connectivity index (χ1) is 8.82. The summed E-state index contributed by atoms with van der Waals surface area (Å²) in [5, 5.41) is 5.94. The van der Waals surface area contributed by atoms with Crippen LogP contribution < -0.4 is 10.1 Å². The number of methoxy groups -OCH3 is 1. The highest BCUT2D eigenvalue weighted by molar-refractivity contribution is 7.91. The molecule has 1 aromatic heterocycles. The van der Waals surface area contributed by atoms with Crippen LogP contribution in [0.4, 0.5) is 0 Å². The van der Waals surface area contributed by atoms with Crippen molar-refractivity contribution < 1.29 is 17.9 Å². The maximum Gasteiger partial charge on any atom is 0.272 e. The maximum atomic E-state index is 11.9. The van der Waals surface area contributed by atoms with Gasteiger partial charge in [-0.1, -0.05) is 0 Å². The van der Waals surface area contributed by atoms with Crippen molar-refractivity contribution in [3.05, 3.63) is 11.8 Å². The third-order valence-corrected chi connectivity index (χ3v) is 5.25. The lowest BCUT2D eigenvalue weighted by Gasteiger charge is -2.12. The zero-order valence-electron chi connectivity index (χ0n) is 10.5. The van der Waals surface area contributed by atoms with E-state index in [0.717, 1.165) is 0 Å². The Balaban J connectivity index is 2.09. The van der Waals surface area contributed by atoms with Crippen LogP contribution in [0, 0.1) is 0 Å². The van der Waals surface area contributed by atoms with Crippen LogP contribution in [0.15, 0.2) is 6.07 Å². The quantitative estimate of drug-likeness (QED) is 0.765. The molecule has 7 nitrogen and oxygen atoms in total. The van der Waals surface area contributed by atoms with Crippen LogP contribution >= 0.6 is 11.6 Å². The molecule has 9 heteroatoms. The molecule has 0 spiro atoms. The highest BCUT2D eigenvalue weighted by Gasteiger charge is 2.37. The van der Waals surface area contributed by atoms with E-state index in [9.17, 15) is 13.2 Å². The van der Waals surface area contributed by atoms with Gasteiger partial charge in [0.25, 0.3) is 5.91 Å². The lowest BCUT2D eigenvalue weighted by atomic mass is 10.2. The van der Waals surface area contributed by atoms with Gasteiger partial charge in [-0.05, 0) is 0 Å². The average Bonchev–Trinajstić information content (AvgIpc) is 2.79. The first-order valence-electron chi connectivity index (χ1n) is 5.56. The SMILES string of the molecule is COc1cc(C(=O)NC2CS(=O)(=O)CC2Cl)nn1C. The third-order valence-electron chi connectivity index (χ3n) is 2.88. The van der Waals surface area contributed by atoms with E-state index in [2.05, 4.69) is 10.4 Å². The van der Waals surface area contributed by atoms with Gasteiger partial charge in [0.05, 0.1) is 30.0 Å². The van der Waals surface area contributed by atoms with Gasteiger partial charge < -0.3 is 10.1 Å². The normalized spacial score (nSPS) is 25.2. The van der Waals surface area contributed by atoms with E-state index in [1.807, 2.05) is 0 Å². The summed E-state index contributed by atoms with van der Waals surface area (Å²) in [6.07, 6.45) is 0. The number of hydrogen-bond acceptors (Lipinski definition) is 5. The smallest absolute Gasteiger partial charge is 0.272 e. The van der Waals surface area contributed by atoms with Gasteiger partial charge in [0.2, 0.25) is 5.88 Å². The summed E-state index contributed by atoms with van der Waals surface area (Å²) < 4.78 is 29.2. The number of alkyl halides is 1. The lowest BCUT2D eigenvalue weighted by Crippen LogP contribution is -2.40. The van der Waals surface area contributed by atoms with E-state index < -0.39 is 27.2 Å². The Labute approximate surface area is 115 Å². The van der Waals surface area contributed by atoms with Gasteiger partial charge in [0.15, 0.2) is 15.5 Å². The van der Waals surface area contributed by atoms with Gasteiger partial charge in [-0.2, -0.15) is 5.10 Å². The van der Waals surface area contributed by atoms with Crippen LogP contribution in [0.2, 0.25) is 0 Å². The zero-order valence-corrected chi connectivity index (χ0v) is 12.0. The Bertz CT molecular complexity index is 598. The number of aromatic nitrogens is 2. The Hall–Kier alpha value is -1.28. The minimum absolute atomic E-state index is 0.120. The van der Waals surface area contributed by atoms with Crippen molar-refractivity contribution in [1.29, 1.82) is 0 Å². The molecule has 2 heterocycles. The average molecular weight is 308 g/mol. The second-order valence-electron chi connectivity index (χ2n) is 4.37. The van der Waals surface area contributed by atoms with Crippen LogP contribution in [0.3, 0.4) is 0 Å². The van der Waals surface area contributed by atoms with E-state index >= 15 is 0 Å². The molecule has 1 aromatic rings. The number of nitrogens with one attached hydrogen (secondary N) is 1. The van der Waals surface area contributed by atoms with Gasteiger partial charge >= 0.3 is 0 Å². The molecule has 0 bridgehead atoms. The van der Waals surface area contributed by atoms with Crippen molar-refractivity contribution >= 4 is 27.3 Å². The van der Waals surface area contributed by atoms with Gasteiger partial charge in [0, 0.05) is 13.1 Å². The summed E-state index contributed by atoms with van der Waals surface area (Å²) in [6, 6.07) is 0.884. The molecule has 2 unspecified atom stereocenters. The molecule has 0 radical (unpaired) electrons. The zero-order chi connectivity index (χ0) is 14.2. The number of carbonyl (C=O) groups is 1. The minimum Gasteiger partial charge on any atom is -0.481 e. The second kappa shape index (κ2) is 5.01. The van der Waals surface area contributed by atoms with Crippen molar-refractivity contribution in [3.63, 3.8) is 0 Å². The Morgan fingerprint density at radius 1 is 1.58 bits per heavy atom. The lowest BCUT2D eigenvalue weighted by molar-refractivity contribution is 0.0936. The molecule has 1 aliphatic heterocycles. The number of carbonyl (C=O) groups excluding carboxylic acids is 1. The van der Waals surface area contributed by atoms with Crippen LogP contribution in [0.5, 0.6) is 5.88 Å². The van der Waals surface area contributed by atoms with Gasteiger partial charge in [-0.3, -0.25) is 4.79 Å². The van der Waals surface area contributed by atoms with Crippen LogP contribution in [-0.4, -0.2) is 54.1 Å². The molecule has 0 aromatic carbocycles. The maximum absolute atomic E-state index is 11.9. The molecule has 0 saturated carbocycles. The van der Waals surface area contributed by atoms with Crippen LogP contribution in [-0.2, 0) is 16.9 Å². The standard InChI is InChI=1S/C10H14ClN3O4S/c1-14-9(18-2)3-7(13-14)10(15)12-8-5-19(16,17)4-6(8)11/h3,6,8H,4-5H2,1-2H3,(H,12,15). The number of sulfone groups is 1. The number of ether oxygens (including phenoxy) is 1. The van der Waals surface area contributed by atoms with Gasteiger partial charge in [-0.15, -0.1) is 11.6 Å². The first-order valence-corrected chi connectivity index (χ1v) is 7.81. The third kappa shape index (κ3) is 3.01. The summed E-state index contributed by atoms with van der Waals surface area (Å²) in [4.78, 5) is 11.9.